The Bertz CT molecular complexity index is 1080. The Hall–Kier alpha value is -3.56. The first-order valence-electron chi connectivity index (χ1n) is 9.78. The zero-order valence-corrected chi connectivity index (χ0v) is 17.2. The molecule has 0 bridgehead atoms. The third-order valence-corrected chi connectivity index (χ3v) is 4.91. The van der Waals surface area contributed by atoms with Gasteiger partial charge in [0.1, 0.15) is 0 Å². The van der Waals surface area contributed by atoms with E-state index in [4.69, 9.17) is 0 Å². The summed E-state index contributed by atoms with van der Waals surface area (Å²) in [6.45, 7) is 1.68. The summed E-state index contributed by atoms with van der Waals surface area (Å²) < 4.78 is 79.6. The van der Waals surface area contributed by atoms with Crippen molar-refractivity contribution in [2.75, 3.05) is 0 Å². The van der Waals surface area contributed by atoms with Gasteiger partial charge in [0.15, 0.2) is 0 Å². The summed E-state index contributed by atoms with van der Waals surface area (Å²) in [5.41, 5.74) is -1.84. The molecule has 2 atom stereocenters. The van der Waals surface area contributed by atoms with Crippen LogP contribution in [-0.2, 0) is 12.4 Å². The van der Waals surface area contributed by atoms with Crippen LogP contribution in [0.5, 0.6) is 0 Å². The average molecular weight is 467 g/mol. The number of rotatable bonds is 5. The molecule has 3 rings (SSSR count). The fraction of sp³-hybridized carbons (Fsp3) is 0.217. The third-order valence-electron chi connectivity index (χ3n) is 4.91. The first kappa shape index (κ1) is 24.1. The second-order valence-electron chi connectivity index (χ2n) is 7.24. The third kappa shape index (κ3) is 6.03. The van der Waals surface area contributed by atoms with E-state index >= 15 is 0 Å². The summed E-state index contributed by atoms with van der Waals surface area (Å²) in [7, 11) is 0. The Labute approximate surface area is 185 Å². The molecule has 3 aromatic rings. The molecule has 0 aliphatic heterocycles. The van der Waals surface area contributed by atoms with Crippen molar-refractivity contribution in [2.45, 2.75) is 31.4 Å². The van der Waals surface area contributed by atoms with E-state index < -0.39 is 47.3 Å². The fourth-order valence-electron chi connectivity index (χ4n) is 3.26. The van der Waals surface area contributed by atoms with Crippen LogP contribution in [0.3, 0.4) is 0 Å². The van der Waals surface area contributed by atoms with Crippen molar-refractivity contribution in [3.63, 3.8) is 0 Å². The zero-order valence-electron chi connectivity index (χ0n) is 17.2. The molecule has 0 aliphatic carbocycles. The number of amides is 2. The van der Waals surface area contributed by atoms with E-state index in [-0.39, 0.29) is 5.56 Å². The number of pyridine rings is 1. The van der Waals surface area contributed by atoms with E-state index in [9.17, 15) is 31.1 Å². The Kier molecular flexibility index (Phi) is 6.95. The number of carbonyl (C=O) groups excluding carboxylic acids is 1. The molecule has 0 saturated heterocycles. The summed E-state index contributed by atoms with van der Waals surface area (Å²) >= 11 is 0. The lowest BCUT2D eigenvalue weighted by atomic mass is 9.98. The van der Waals surface area contributed by atoms with Crippen LogP contribution in [-0.4, -0.2) is 11.0 Å². The highest BCUT2D eigenvalue weighted by atomic mass is 19.4. The number of hydrogen-bond acceptors (Lipinski definition) is 2. The second kappa shape index (κ2) is 9.51. The monoisotopic (exact) mass is 467 g/mol. The lowest BCUT2D eigenvalue weighted by molar-refractivity contribution is -0.139. The molecule has 2 unspecified atom stereocenters. The molecule has 2 N–H and O–H groups in total. The van der Waals surface area contributed by atoms with E-state index in [1.54, 1.807) is 37.3 Å². The van der Waals surface area contributed by atoms with E-state index in [1.165, 1.54) is 0 Å². The minimum Gasteiger partial charge on any atom is -0.332 e. The molecular formula is C23H19F6N3O. The highest BCUT2D eigenvalue weighted by Crippen LogP contribution is 2.36. The van der Waals surface area contributed by atoms with Gasteiger partial charge in [0.05, 0.1) is 28.9 Å². The van der Waals surface area contributed by atoms with Crippen molar-refractivity contribution in [2.24, 2.45) is 0 Å². The lowest BCUT2D eigenvalue weighted by Crippen LogP contribution is -2.40. The van der Waals surface area contributed by atoms with Crippen LogP contribution in [0.2, 0.25) is 0 Å². The number of benzene rings is 2. The smallest absolute Gasteiger partial charge is 0.332 e. The van der Waals surface area contributed by atoms with Crippen molar-refractivity contribution in [3.8, 4) is 0 Å². The predicted molar refractivity (Wildman–Crippen MR) is 109 cm³/mol. The van der Waals surface area contributed by atoms with Crippen molar-refractivity contribution in [1.82, 2.24) is 15.6 Å². The van der Waals surface area contributed by atoms with E-state index in [0.29, 0.717) is 0 Å². The SMILES string of the molecule is CC(NC(=O)NC(c1ccc(C(F)(F)F)cc1)c1ncccc1C(F)(F)F)c1ccccc1. The van der Waals surface area contributed by atoms with Crippen molar-refractivity contribution >= 4 is 6.03 Å². The molecular weight excluding hydrogens is 448 g/mol. The Morgan fingerprint density at radius 2 is 1.42 bits per heavy atom. The predicted octanol–water partition coefficient (Wildman–Crippen LogP) is 6.27. The number of alkyl halides is 6. The molecule has 4 nitrogen and oxygen atoms in total. The van der Waals surface area contributed by atoms with Crippen LogP contribution in [0.4, 0.5) is 31.1 Å². The van der Waals surface area contributed by atoms with Crippen molar-refractivity contribution in [3.05, 3.63) is 101 Å². The maximum absolute atomic E-state index is 13.6. The highest BCUT2D eigenvalue weighted by molar-refractivity contribution is 5.75. The van der Waals surface area contributed by atoms with Crippen LogP contribution >= 0.6 is 0 Å². The average Bonchev–Trinajstić information content (AvgIpc) is 2.77. The number of carbonyl (C=O) groups is 1. The fourth-order valence-corrected chi connectivity index (χ4v) is 3.26. The first-order valence-corrected chi connectivity index (χ1v) is 9.78. The second-order valence-corrected chi connectivity index (χ2v) is 7.24. The number of aromatic nitrogens is 1. The molecule has 0 spiro atoms. The van der Waals surface area contributed by atoms with Gasteiger partial charge in [0.25, 0.3) is 0 Å². The van der Waals surface area contributed by atoms with Crippen LogP contribution in [0.15, 0.2) is 72.9 Å². The molecule has 0 fully saturated rings. The largest absolute Gasteiger partial charge is 0.418 e. The quantitative estimate of drug-likeness (QED) is 0.435. The minimum absolute atomic E-state index is 0.00899. The van der Waals surface area contributed by atoms with Crippen LogP contribution in [0.25, 0.3) is 0 Å². The molecule has 0 radical (unpaired) electrons. The van der Waals surface area contributed by atoms with Gasteiger partial charge in [-0.2, -0.15) is 26.3 Å². The molecule has 174 valence electrons. The first-order chi connectivity index (χ1) is 15.5. The van der Waals surface area contributed by atoms with Gasteiger partial charge in [-0.05, 0) is 42.3 Å². The topological polar surface area (TPSA) is 54.0 Å². The summed E-state index contributed by atoms with van der Waals surface area (Å²) in [6.07, 6.45) is -8.29. The molecule has 0 saturated carbocycles. The maximum atomic E-state index is 13.6. The molecule has 10 heteroatoms. The summed E-state index contributed by atoms with van der Waals surface area (Å²) in [6, 6.07) is 11.5. The Morgan fingerprint density at radius 3 is 2.00 bits per heavy atom. The molecule has 0 aliphatic rings. The Balaban J connectivity index is 1.95. The van der Waals surface area contributed by atoms with E-state index in [0.717, 1.165) is 48.2 Å². The number of nitrogens with zero attached hydrogens (tertiary/aromatic N) is 1. The summed E-state index contributed by atoms with van der Waals surface area (Å²) in [5.74, 6) is 0. The summed E-state index contributed by atoms with van der Waals surface area (Å²) in [4.78, 5) is 16.5. The van der Waals surface area contributed by atoms with Gasteiger partial charge in [-0.3, -0.25) is 4.98 Å². The maximum Gasteiger partial charge on any atom is 0.418 e. The standard InChI is InChI=1S/C23H19F6N3O/c1-14(15-6-3-2-4-7-15)31-21(33)32-19(16-9-11-17(12-10-16)22(24,25)26)20-18(23(27,28)29)8-5-13-30-20/h2-14,19H,1H3,(H2,31,32,33). The number of nitrogens with one attached hydrogen (secondary N) is 2. The normalized spacial score (nSPS) is 13.8. The molecule has 1 aromatic heterocycles. The zero-order chi connectivity index (χ0) is 24.2. The van der Waals surface area contributed by atoms with Gasteiger partial charge in [-0.25, -0.2) is 4.79 Å². The van der Waals surface area contributed by atoms with Crippen LogP contribution in [0.1, 0.15) is 47.0 Å². The van der Waals surface area contributed by atoms with Gasteiger partial charge >= 0.3 is 18.4 Å². The van der Waals surface area contributed by atoms with Crippen molar-refractivity contribution in [1.29, 1.82) is 0 Å². The van der Waals surface area contributed by atoms with Crippen LogP contribution < -0.4 is 10.6 Å². The summed E-state index contributed by atoms with van der Waals surface area (Å²) in [5, 5.41) is 5.05. The number of halogens is 6. The van der Waals surface area contributed by atoms with Gasteiger partial charge in [0, 0.05) is 6.20 Å². The molecule has 33 heavy (non-hydrogen) atoms. The van der Waals surface area contributed by atoms with Gasteiger partial charge < -0.3 is 10.6 Å². The van der Waals surface area contributed by atoms with Gasteiger partial charge in [-0.1, -0.05) is 42.5 Å². The van der Waals surface area contributed by atoms with Crippen LogP contribution in [0, 0.1) is 0 Å². The van der Waals surface area contributed by atoms with E-state index in [1.807, 2.05) is 0 Å². The lowest BCUT2D eigenvalue weighted by Gasteiger charge is -2.24. The molecule has 2 amide bonds. The molecule has 1 heterocycles. The van der Waals surface area contributed by atoms with E-state index in [2.05, 4.69) is 15.6 Å². The van der Waals surface area contributed by atoms with Gasteiger partial charge in [-0.15, -0.1) is 0 Å². The molecule has 2 aromatic carbocycles. The number of urea groups is 1. The Morgan fingerprint density at radius 1 is 0.788 bits per heavy atom. The highest BCUT2D eigenvalue weighted by Gasteiger charge is 2.37. The van der Waals surface area contributed by atoms with Gasteiger partial charge in [0.2, 0.25) is 0 Å². The number of hydrogen-bond donors (Lipinski definition) is 2. The van der Waals surface area contributed by atoms with Crippen molar-refractivity contribution < 1.29 is 31.1 Å². The minimum atomic E-state index is -4.79.